The van der Waals surface area contributed by atoms with Crippen LogP contribution in [0.15, 0.2) is 113 Å². The van der Waals surface area contributed by atoms with Crippen molar-refractivity contribution < 1.29 is 22.4 Å². The summed E-state index contributed by atoms with van der Waals surface area (Å²) in [6.07, 6.45) is 4.26. The van der Waals surface area contributed by atoms with Gasteiger partial charge in [0, 0.05) is 32.5 Å². The molecule has 0 bridgehead atoms. The molecule has 0 aliphatic carbocycles. The van der Waals surface area contributed by atoms with Gasteiger partial charge < -0.3 is 14.6 Å². The quantitative estimate of drug-likeness (QED) is 0.234. The minimum absolute atomic E-state index is 0.160. The first-order chi connectivity index (χ1) is 20.9. The fraction of sp³-hybridized carbons (Fsp3) is 0.294. The van der Waals surface area contributed by atoms with Crippen LogP contribution in [0.5, 0.6) is 0 Å². The number of carbonyl (C=O) groups excluding carboxylic acids is 2. The topological polar surface area (TPSA) is 99.9 Å². The van der Waals surface area contributed by atoms with E-state index in [0.29, 0.717) is 31.7 Å². The van der Waals surface area contributed by atoms with Crippen molar-refractivity contribution in [1.29, 1.82) is 0 Å². The molecule has 0 spiro atoms. The molecule has 1 aromatic heterocycles. The van der Waals surface area contributed by atoms with E-state index >= 15 is 0 Å². The van der Waals surface area contributed by atoms with Crippen LogP contribution in [0.1, 0.15) is 41.7 Å². The number of furan rings is 1. The van der Waals surface area contributed by atoms with Crippen molar-refractivity contribution in [3.05, 3.63) is 126 Å². The van der Waals surface area contributed by atoms with E-state index in [2.05, 4.69) is 5.32 Å². The smallest absolute Gasteiger partial charge is 0.243 e. The highest BCUT2D eigenvalue weighted by molar-refractivity contribution is 7.89. The molecule has 1 atom stereocenters. The molecular weight excluding hydrogens is 562 g/mol. The van der Waals surface area contributed by atoms with Gasteiger partial charge in [-0.05, 0) is 60.2 Å². The third-order valence-electron chi connectivity index (χ3n) is 7.74. The van der Waals surface area contributed by atoms with E-state index in [0.717, 1.165) is 29.5 Å². The van der Waals surface area contributed by atoms with Gasteiger partial charge in [-0.2, -0.15) is 4.31 Å². The number of benzene rings is 3. The number of nitrogens with one attached hydrogen (secondary N) is 1. The van der Waals surface area contributed by atoms with E-state index in [-0.39, 0.29) is 36.2 Å². The third-order valence-corrected chi connectivity index (χ3v) is 9.65. The summed E-state index contributed by atoms with van der Waals surface area (Å²) in [5, 5.41) is 2.96. The lowest BCUT2D eigenvalue weighted by Crippen LogP contribution is -2.50. The number of hydrogen-bond acceptors (Lipinski definition) is 5. The molecule has 2 heterocycles. The molecular formula is C34H37N3O5S. The molecule has 1 N–H and O–H groups in total. The van der Waals surface area contributed by atoms with E-state index in [1.807, 2.05) is 60.7 Å². The molecule has 4 aromatic rings. The van der Waals surface area contributed by atoms with Crippen molar-refractivity contribution in [3.8, 4) is 0 Å². The Morgan fingerprint density at radius 1 is 0.814 bits per heavy atom. The van der Waals surface area contributed by atoms with Gasteiger partial charge in [0.2, 0.25) is 21.8 Å². The predicted octanol–water partition coefficient (Wildman–Crippen LogP) is 4.95. The molecule has 1 saturated heterocycles. The Labute approximate surface area is 253 Å². The van der Waals surface area contributed by atoms with Gasteiger partial charge in [0.1, 0.15) is 11.8 Å². The minimum atomic E-state index is -3.50. The molecule has 8 nitrogen and oxygen atoms in total. The summed E-state index contributed by atoms with van der Waals surface area (Å²) in [6.45, 7) is 1.60. The molecule has 1 aliphatic rings. The molecule has 224 valence electrons. The van der Waals surface area contributed by atoms with E-state index < -0.39 is 16.1 Å². The van der Waals surface area contributed by atoms with Crippen LogP contribution < -0.4 is 5.32 Å². The maximum absolute atomic E-state index is 13.9. The summed E-state index contributed by atoms with van der Waals surface area (Å²) < 4.78 is 32.7. The zero-order valence-corrected chi connectivity index (χ0v) is 24.9. The van der Waals surface area contributed by atoms with Crippen molar-refractivity contribution in [2.24, 2.45) is 0 Å². The fourth-order valence-corrected chi connectivity index (χ4v) is 6.86. The van der Waals surface area contributed by atoms with E-state index in [1.54, 1.807) is 47.6 Å². The lowest BCUT2D eigenvalue weighted by atomic mass is 10.0. The summed E-state index contributed by atoms with van der Waals surface area (Å²) in [5.41, 5.74) is 2.72. The third kappa shape index (κ3) is 8.00. The van der Waals surface area contributed by atoms with Crippen LogP contribution in [0.25, 0.3) is 0 Å². The van der Waals surface area contributed by atoms with Crippen molar-refractivity contribution >= 4 is 21.8 Å². The molecule has 1 fully saturated rings. The summed E-state index contributed by atoms with van der Waals surface area (Å²) in [7, 11) is -3.50. The van der Waals surface area contributed by atoms with Gasteiger partial charge in [-0.25, -0.2) is 8.42 Å². The van der Waals surface area contributed by atoms with Gasteiger partial charge >= 0.3 is 0 Å². The van der Waals surface area contributed by atoms with Crippen LogP contribution in [0.4, 0.5) is 0 Å². The van der Waals surface area contributed by atoms with Crippen LogP contribution in [0.2, 0.25) is 0 Å². The number of carbonyl (C=O) groups is 2. The molecule has 2 amide bonds. The van der Waals surface area contributed by atoms with Crippen LogP contribution in [0.3, 0.4) is 0 Å². The van der Waals surface area contributed by atoms with Gasteiger partial charge in [-0.1, -0.05) is 72.8 Å². The Bertz CT molecular complexity index is 1570. The highest BCUT2D eigenvalue weighted by Gasteiger charge is 2.31. The maximum Gasteiger partial charge on any atom is 0.243 e. The molecule has 43 heavy (non-hydrogen) atoms. The minimum Gasteiger partial charge on any atom is -0.467 e. The number of sulfonamides is 1. The Hall–Kier alpha value is -4.21. The Morgan fingerprint density at radius 3 is 2.09 bits per heavy atom. The Kier molecular flexibility index (Phi) is 10.1. The predicted molar refractivity (Wildman–Crippen MR) is 164 cm³/mol. The molecule has 1 aliphatic heterocycles. The van der Waals surface area contributed by atoms with E-state index in [9.17, 15) is 18.0 Å². The van der Waals surface area contributed by atoms with Crippen LogP contribution >= 0.6 is 0 Å². The highest BCUT2D eigenvalue weighted by Crippen LogP contribution is 2.22. The second-order valence-electron chi connectivity index (χ2n) is 10.8. The van der Waals surface area contributed by atoms with Crippen LogP contribution in [-0.4, -0.2) is 48.6 Å². The Balaban J connectivity index is 1.34. The van der Waals surface area contributed by atoms with Crippen molar-refractivity contribution in [2.45, 2.75) is 56.1 Å². The number of amides is 2. The van der Waals surface area contributed by atoms with Crippen LogP contribution in [0, 0.1) is 0 Å². The lowest BCUT2D eigenvalue weighted by molar-refractivity contribution is -0.141. The second kappa shape index (κ2) is 14.3. The number of aryl methyl sites for hydroxylation is 1. The average Bonchev–Trinajstić information content (AvgIpc) is 3.77. The highest BCUT2D eigenvalue weighted by atomic mass is 32.2. The first kappa shape index (κ1) is 30.3. The normalized spacial score (nSPS) is 14.3. The van der Waals surface area contributed by atoms with Gasteiger partial charge in [-0.15, -0.1) is 0 Å². The average molecular weight is 600 g/mol. The monoisotopic (exact) mass is 599 g/mol. The molecule has 5 rings (SSSR count). The zero-order chi connectivity index (χ0) is 30.1. The maximum atomic E-state index is 13.9. The number of rotatable bonds is 13. The fourth-order valence-electron chi connectivity index (χ4n) is 5.34. The summed E-state index contributed by atoms with van der Waals surface area (Å²) >= 11 is 0. The zero-order valence-electron chi connectivity index (χ0n) is 24.1. The van der Waals surface area contributed by atoms with Crippen LogP contribution in [-0.2, 0) is 45.5 Å². The number of nitrogens with zero attached hydrogens (tertiary/aromatic N) is 2. The second-order valence-corrected chi connectivity index (χ2v) is 12.7. The largest absolute Gasteiger partial charge is 0.467 e. The number of hydrogen-bond donors (Lipinski definition) is 1. The van der Waals surface area contributed by atoms with Crippen molar-refractivity contribution in [2.75, 3.05) is 13.1 Å². The lowest BCUT2D eigenvalue weighted by Gasteiger charge is -2.31. The van der Waals surface area contributed by atoms with Crippen molar-refractivity contribution in [1.82, 2.24) is 14.5 Å². The van der Waals surface area contributed by atoms with Gasteiger partial charge in [0.05, 0.1) is 17.7 Å². The SMILES string of the molecule is O=C(NCc1ccco1)[C@@H](Cc1ccccc1)N(Cc1ccccc1)C(=O)CCc1ccc(S(=O)(=O)N2CCCC2)cc1. The standard InChI is InChI=1S/C34H37N3O5S/c38-33(20-17-27-15-18-31(19-16-27)43(40,41)36-21-7-8-22-36)37(26-29-12-5-2-6-13-29)32(24-28-10-3-1-4-11-28)34(39)35-25-30-14-9-23-42-30/h1-6,9-16,18-19,23,32H,7-8,17,20-22,24-26H2,(H,35,39)/t32-/m1/s1. The van der Waals surface area contributed by atoms with Gasteiger partial charge in [-0.3, -0.25) is 9.59 Å². The first-order valence-corrected chi connectivity index (χ1v) is 16.1. The van der Waals surface area contributed by atoms with E-state index in [4.69, 9.17) is 4.42 Å². The molecule has 9 heteroatoms. The Morgan fingerprint density at radius 2 is 1.47 bits per heavy atom. The molecule has 0 unspecified atom stereocenters. The van der Waals surface area contributed by atoms with E-state index in [1.165, 1.54) is 4.31 Å². The summed E-state index contributed by atoms with van der Waals surface area (Å²) in [4.78, 5) is 29.5. The molecule has 0 saturated carbocycles. The van der Waals surface area contributed by atoms with Gasteiger partial charge in [0.15, 0.2) is 0 Å². The van der Waals surface area contributed by atoms with Gasteiger partial charge in [0.25, 0.3) is 0 Å². The molecule has 3 aromatic carbocycles. The van der Waals surface area contributed by atoms with Crippen molar-refractivity contribution in [3.63, 3.8) is 0 Å². The summed E-state index contributed by atoms with van der Waals surface area (Å²) in [5.74, 6) is 0.204. The first-order valence-electron chi connectivity index (χ1n) is 14.7. The summed E-state index contributed by atoms with van der Waals surface area (Å²) in [6, 6.07) is 28.9. The molecule has 0 radical (unpaired) electrons.